The Morgan fingerprint density at radius 2 is 1.63 bits per heavy atom. The van der Waals surface area contributed by atoms with Crippen molar-refractivity contribution in [3.63, 3.8) is 0 Å². The van der Waals surface area contributed by atoms with Crippen LogP contribution < -0.4 is 14.8 Å². The van der Waals surface area contributed by atoms with E-state index in [1.54, 1.807) is 24.3 Å². The second kappa shape index (κ2) is 11.1. The van der Waals surface area contributed by atoms with Crippen molar-refractivity contribution in [2.24, 2.45) is 0 Å². The van der Waals surface area contributed by atoms with Gasteiger partial charge in [-0.05, 0) is 30.3 Å². The van der Waals surface area contributed by atoms with Gasteiger partial charge in [-0.25, -0.2) is 13.4 Å². The second-order valence-electron chi connectivity index (χ2n) is 8.94. The van der Waals surface area contributed by atoms with Crippen molar-refractivity contribution in [3.05, 3.63) is 89.7 Å². The maximum Gasteiger partial charge on any atom is 0.258 e. The Labute approximate surface area is 206 Å². The third-order valence-corrected chi connectivity index (χ3v) is 5.33. The molecule has 0 saturated carbocycles. The Balaban J connectivity index is 1.88. The maximum absolute atomic E-state index is 13.3. The van der Waals surface area contributed by atoms with Crippen LogP contribution in [0.4, 0.5) is 0 Å². The number of ether oxygens (including phenoxy) is 2. The zero-order valence-electron chi connectivity index (χ0n) is 20.1. The standard InChI is InChI=1S/C26H29N3O5S/c1-26(2,3)25-27-17-22(24(29-25)34-21-13-9-6-10-14-21)23(30)28-19(15-16-35(4,31)32)18-33-20-11-7-5-8-12-20/h5-17,19H,18H2,1-4H3,(H,28,30)/b16-15+/t19-/m0/s1. The average molecular weight is 496 g/mol. The highest BCUT2D eigenvalue weighted by Gasteiger charge is 2.24. The summed E-state index contributed by atoms with van der Waals surface area (Å²) in [5, 5.41) is 3.82. The molecule has 1 aromatic heterocycles. The number of carbonyl (C=O) groups excluding carboxylic acids is 1. The lowest BCUT2D eigenvalue weighted by atomic mass is 9.95. The van der Waals surface area contributed by atoms with Gasteiger partial charge in [0.2, 0.25) is 5.88 Å². The first kappa shape index (κ1) is 25.9. The summed E-state index contributed by atoms with van der Waals surface area (Å²) in [6, 6.07) is 17.3. The van der Waals surface area contributed by atoms with Gasteiger partial charge in [-0.3, -0.25) is 4.79 Å². The molecule has 0 spiro atoms. The predicted octanol–water partition coefficient (Wildman–Crippen LogP) is 4.30. The summed E-state index contributed by atoms with van der Waals surface area (Å²) in [5.74, 6) is 1.19. The fourth-order valence-electron chi connectivity index (χ4n) is 2.89. The lowest BCUT2D eigenvalue weighted by Gasteiger charge is -2.20. The number of sulfone groups is 1. The lowest BCUT2D eigenvalue weighted by Crippen LogP contribution is -2.38. The van der Waals surface area contributed by atoms with Gasteiger partial charge in [0.15, 0.2) is 9.84 Å². The fraction of sp³-hybridized carbons (Fsp3) is 0.269. The largest absolute Gasteiger partial charge is 0.491 e. The van der Waals surface area contributed by atoms with Gasteiger partial charge >= 0.3 is 0 Å². The van der Waals surface area contributed by atoms with E-state index in [1.807, 2.05) is 57.2 Å². The third kappa shape index (κ3) is 8.22. The molecule has 9 heteroatoms. The highest BCUT2D eigenvalue weighted by Crippen LogP contribution is 2.26. The summed E-state index contributed by atoms with van der Waals surface area (Å²) in [7, 11) is -3.41. The number of benzene rings is 2. The van der Waals surface area contributed by atoms with E-state index in [2.05, 4.69) is 15.3 Å². The van der Waals surface area contributed by atoms with Gasteiger partial charge in [0, 0.05) is 23.3 Å². The summed E-state index contributed by atoms with van der Waals surface area (Å²) in [5.41, 5.74) is -0.256. The van der Waals surface area contributed by atoms with E-state index >= 15 is 0 Å². The summed E-state index contributed by atoms with van der Waals surface area (Å²) in [4.78, 5) is 22.1. The molecule has 3 rings (SSSR count). The number of carbonyl (C=O) groups is 1. The van der Waals surface area contributed by atoms with Crippen molar-refractivity contribution in [2.75, 3.05) is 12.9 Å². The Morgan fingerprint density at radius 1 is 1.03 bits per heavy atom. The third-order valence-electron chi connectivity index (χ3n) is 4.67. The molecular weight excluding hydrogens is 466 g/mol. The second-order valence-corrected chi connectivity index (χ2v) is 10.9. The monoisotopic (exact) mass is 495 g/mol. The number of amides is 1. The minimum atomic E-state index is -3.41. The van der Waals surface area contributed by atoms with Crippen LogP contribution in [0.5, 0.6) is 17.4 Å². The van der Waals surface area contributed by atoms with Crippen LogP contribution in [0.25, 0.3) is 0 Å². The van der Waals surface area contributed by atoms with E-state index in [4.69, 9.17) is 9.47 Å². The van der Waals surface area contributed by atoms with Gasteiger partial charge in [-0.1, -0.05) is 57.2 Å². The van der Waals surface area contributed by atoms with Crippen molar-refractivity contribution in [1.29, 1.82) is 0 Å². The highest BCUT2D eigenvalue weighted by molar-refractivity contribution is 7.93. The van der Waals surface area contributed by atoms with E-state index in [9.17, 15) is 13.2 Å². The molecule has 0 aliphatic carbocycles. The van der Waals surface area contributed by atoms with E-state index in [-0.39, 0.29) is 23.5 Å². The van der Waals surface area contributed by atoms with Gasteiger partial charge < -0.3 is 14.8 Å². The molecule has 0 saturated heterocycles. The summed E-state index contributed by atoms with van der Waals surface area (Å²) >= 11 is 0. The molecule has 0 unspecified atom stereocenters. The predicted molar refractivity (Wildman–Crippen MR) is 134 cm³/mol. The molecule has 1 atom stereocenters. The van der Waals surface area contributed by atoms with Crippen molar-refractivity contribution in [3.8, 4) is 17.4 Å². The molecule has 35 heavy (non-hydrogen) atoms. The molecular formula is C26H29N3O5S. The lowest BCUT2D eigenvalue weighted by molar-refractivity contribution is 0.0929. The Kier molecular flexibility index (Phi) is 8.24. The first-order valence-electron chi connectivity index (χ1n) is 11.0. The smallest absolute Gasteiger partial charge is 0.258 e. The SMILES string of the molecule is CC(C)(C)c1ncc(C(=O)N[C@@H](/C=C/S(C)(=O)=O)COc2ccccc2)c(Oc2ccccc2)n1. The molecule has 0 bridgehead atoms. The van der Waals surface area contributed by atoms with E-state index in [0.29, 0.717) is 17.3 Å². The minimum Gasteiger partial charge on any atom is -0.491 e. The van der Waals surface area contributed by atoms with Crippen molar-refractivity contribution in [2.45, 2.75) is 32.2 Å². The van der Waals surface area contributed by atoms with Crippen molar-refractivity contribution >= 4 is 15.7 Å². The first-order valence-corrected chi connectivity index (χ1v) is 12.9. The summed E-state index contributed by atoms with van der Waals surface area (Å²) in [6.45, 7) is 5.89. The maximum atomic E-state index is 13.3. The summed E-state index contributed by atoms with van der Waals surface area (Å²) < 4.78 is 35.0. The molecule has 2 aromatic carbocycles. The van der Waals surface area contributed by atoms with E-state index in [1.165, 1.54) is 12.3 Å². The number of hydrogen-bond donors (Lipinski definition) is 1. The molecule has 0 fully saturated rings. The normalized spacial score (nSPS) is 12.8. The molecule has 0 aliphatic heterocycles. The number of rotatable bonds is 9. The van der Waals surface area contributed by atoms with Crippen molar-refractivity contribution in [1.82, 2.24) is 15.3 Å². The molecule has 1 N–H and O–H groups in total. The Morgan fingerprint density at radius 3 is 2.20 bits per heavy atom. The zero-order valence-corrected chi connectivity index (χ0v) is 21.0. The van der Waals surface area contributed by atoms with Crippen LogP contribution in [0.1, 0.15) is 37.0 Å². The van der Waals surface area contributed by atoms with Crippen LogP contribution in [0.2, 0.25) is 0 Å². The van der Waals surface area contributed by atoms with Crippen LogP contribution in [0.3, 0.4) is 0 Å². The van der Waals surface area contributed by atoms with Crippen LogP contribution >= 0.6 is 0 Å². The van der Waals surface area contributed by atoms with Gasteiger partial charge in [-0.2, -0.15) is 4.98 Å². The zero-order chi connectivity index (χ0) is 25.5. The van der Waals surface area contributed by atoms with Gasteiger partial charge in [0.25, 0.3) is 5.91 Å². The van der Waals surface area contributed by atoms with Crippen LogP contribution in [-0.2, 0) is 15.3 Å². The topological polar surface area (TPSA) is 107 Å². The van der Waals surface area contributed by atoms with Crippen molar-refractivity contribution < 1.29 is 22.7 Å². The van der Waals surface area contributed by atoms with Gasteiger partial charge in [-0.15, -0.1) is 0 Å². The molecule has 1 heterocycles. The van der Waals surface area contributed by atoms with Gasteiger partial charge in [0.05, 0.1) is 6.04 Å². The molecule has 1 amide bonds. The number of nitrogens with zero attached hydrogens (tertiary/aromatic N) is 2. The van der Waals surface area contributed by atoms with E-state index < -0.39 is 21.8 Å². The van der Waals surface area contributed by atoms with Crippen LogP contribution in [0, 0.1) is 0 Å². The Hall–Kier alpha value is -3.72. The number of nitrogens with one attached hydrogen (secondary N) is 1. The van der Waals surface area contributed by atoms with Gasteiger partial charge in [0.1, 0.15) is 29.5 Å². The Bertz CT molecular complexity index is 1270. The average Bonchev–Trinajstić information content (AvgIpc) is 2.81. The first-order chi connectivity index (χ1) is 16.5. The molecule has 8 nitrogen and oxygen atoms in total. The fourth-order valence-corrected chi connectivity index (χ4v) is 3.37. The van der Waals surface area contributed by atoms with Crippen LogP contribution in [-0.4, -0.2) is 43.2 Å². The molecule has 0 aliphatic rings. The van der Waals surface area contributed by atoms with Crippen LogP contribution in [0.15, 0.2) is 78.3 Å². The highest BCUT2D eigenvalue weighted by atomic mass is 32.2. The molecule has 0 radical (unpaired) electrons. The summed E-state index contributed by atoms with van der Waals surface area (Å²) in [6.07, 6.45) is 3.86. The number of aromatic nitrogens is 2. The quantitative estimate of drug-likeness (QED) is 0.471. The number of hydrogen-bond acceptors (Lipinski definition) is 7. The number of para-hydroxylation sites is 2. The van der Waals surface area contributed by atoms with E-state index in [0.717, 1.165) is 11.7 Å². The molecule has 184 valence electrons. The molecule has 3 aromatic rings. The minimum absolute atomic E-state index is 0.0115.